The Morgan fingerprint density at radius 3 is 2.34 bits per heavy atom. The fourth-order valence-electron chi connectivity index (χ4n) is 5.01. The Bertz CT molecular complexity index is 537. The highest BCUT2D eigenvalue weighted by Crippen LogP contribution is 2.42. The van der Waals surface area contributed by atoms with Gasteiger partial charge in [-0.3, -0.25) is 4.90 Å². The highest BCUT2D eigenvalue weighted by atomic mass is 32.2. The van der Waals surface area contributed by atoms with Crippen LogP contribution < -0.4 is 0 Å². The van der Waals surface area contributed by atoms with Crippen molar-refractivity contribution in [2.24, 2.45) is 5.92 Å². The summed E-state index contributed by atoms with van der Waals surface area (Å²) in [6, 6.07) is 0.126. The van der Waals surface area contributed by atoms with Crippen molar-refractivity contribution in [1.29, 1.82) is 0 Å². The Balaban J connectivity index is 1.72. The summed E-state index contributed by atoms with van der Waals surface area (Å²) in [5.74, 6) is 3.27. The molecule has 2 unspecified atom stereocenters. The van der Waals surface area contributed by atoms with Crippen LogP contribution in [0.5, 0.6) is 0 Å². The Morgan fingerprint density at radius 2 is 1.72 bits per heavy atom. The van der Waals surface area contributed by atoms with Gasteiger partial charge in [0, 0.05) is 0 Å². The predicted octanol–water partition coefficient (Wildman–Crippen LogP) is 6.67. The summed E-state index contributed by atoms with van der Waals surface area (Å²) in [5.41, 5.74) is -1.10. The molecule has 4 nitrogen and oxygen atoms in total. The van der Waals surface area contributed by atoms with Crippen LogP contribution in [0.25, 0.3) is 0 Å². The van der Waals surface area contributed by atoms with Crippen LogP contribution in [0, 0.1) is 5.92 Å². The van der Waals surface area contributed by atoms with E-state index >= 15 is 0 Å². The van der Waals surface area contributed by atoms with Crippen molar-refractivity contribution in [2.75, 3.05) is 11.5 Å². The molecule has 29 heavy (non-hydrogen) atoms. The SMILES string of the molecule is CC(C)(C)OC(=O)N1C(CC2CCCCC2)C(CCC2SCCCS2)OC1(C)C. The minimum atomic E-state index is -0.612. The number of amides is 1. The average molecular weight is 444 g/mol. The maximum absolute atomic E-state index is 13.2. The maximum Gasteiger partial charge on any atom is 0.412 e. The van der Waals surface area contributed by atoms with Crippen molar-refractivity contribution < 1.29 is 14.3 Å². The topological polar surface area (TPSA) is 38.8 Å². The number of hydrogen-bond acceptors (Lipinski definition) is 5. The lowest BCUT2D eigenvalue weighted by Gasteiger charge is -2.37. The lowest BCUT2D eigenvalue weighted by Crippen LogP contribution is -2.50. The first-order valence-electron chi connectivity index (χ1n) is 11.6. The molecule has 1 amide bonds. The van der Waals surface area contributed by atoms with Gasteiger partial charge >= 0.3 is 6.09 Å². The van der Waals surface area contributed by atoms with E-state index in [0.29, 0.717) is 10.5 Å². The molecule has 1 saturated carbocycles. The molecule has 0 N–H and O–H groups in total. The molecule has 0 radical (unpaired) electrons. The fraction of sp³-hybridized carbons (Fsp3) is 0.957. The quantitative estimate of drug-likeness (QED) is 0.474. The normalized spacial score (nSPS) is 29.2. The molecule has 0 aromatic rings. The summed E-state index contributed by atoms with van der Waals surface area (Å²) in [6.07, 6.45) is 11.1. The van der Waals surface area contributed by atoms with Gasteiger partial charge in [-0.15, -0.1) is 23.5 Å². The number of ether oxygens (including phenoxy) is 2. The second-order valence-corrected chi connectivity index (χ2v) is 13.3. The molecule has 2 aliphatic heterocycles. The van der Waals surface area contributed by atoms with Gasteiger partial charge in [-0.25, -0.2) is 4.79 Å². The molecule has 3 rings (SSSR count). The van der Waals surface area contributed by atoms with Crippen LogP contribution in [-0.2, 0) is 9.47 Å². The summed E-state index contributed by atoms with van der Waals surface area (Å²) in [7, 11) is 0. The van der Waals surface area contributed by atoms with Crippen LogP contribution in [0.3, 0.4) is 0 Å². The molecular formula is C23H41NO3S2. The van der Waals surface area contributed by atoms with E-state index in [9.17, 15) is 4.79 Å². The lowest BCUT2D eigenvalue weighted by atomic mass is 9.83. The van der Waals surface area contributed by atoms with Crippen LogP contribution in [-0.4, -0.2) is 50.6 Å². The molecule has 0 bridgehead atoms. The third-order valence-corrected chi connectivity index (χ3v) is 9.33. The van der Waals surface area contributed by atoms with Gasteiger partial charge in [-0.2, -0.15) is 0 Å². The zero-order valence-electron chi connectivity index (χ0n) is 19.1. The third-order valence-electron chi connectivity index (χ3n) is 6.25. The van der Waals surface area contributed by atoms with Crippen molar-refractivity contribution in [3.63, 3.8) is 0 Å². The van der Waals surface area contributed by atoms with Crippen molar-refractivity contribution in [1.82, 2.24) is 4.90 Å². The highest BCUT2D eigenvalue weighted by Gasteiger charge is 2.51. The van der Waals surface area contributed by atoms with E-state index in [4.69, 9.17) is 9.47 Å². The molecule has 2 atom stereocenters. The van der Waals surface area contributed by atoms with Gasteiger partial charge < -0.3 is 9.47 Å². The minimum absolute atomic E-state index is 0.113. The number of carbonyl (C=O) groups is 1. The molecule has 2 saturated heterocycles. The maximum atomic E-state index is 13.2. The van der Waals surface area contributed by atoms with E-state index in [-0.39, 0.29) is 18.2 Å². The smallest absolute Gasteiger partial charge is 0.412 e. The van der Waals surface area contributed by atoms with E-state index < -0.39 is 11.3 Å². The van der Waals surface area contributed by atoms with Gasteiger partial charge in [0.1, 0.15) is 11.3 Å². The van der Waals surface area contributed by atoms with Gasteiger partial charge in [0.25, 0.3) is 0 Å². The van der Waals surface area contributed by atoms with Crippen LogP contribution >= 0.6 is 23.5 Å². The number of nitrogens with zero attached hydrogens (tertiary/aromatic N) is 1. The number of hydrogen-bond donors (Lipinski definition) is 0. The van der Waals surface area contributed by atoms with E-state index in [1.54, 1.807) is 0 Å². The second kappa shape index (κ2) is 10.0. The molecule has 0 spiro atoms. The molecule has 2 heterocycles. The molecule has 168 valence electrons. The lowest BCUT2D eigenvalue weighted by molar-refractivity contribution is -0.0800. The first-order chi connectivity index (χ1) is 13.7. The average Bonchev–Trinajstić information content (AvgIpc) is 2.90. The van der Waals surface area contributed by atoms with Crippen LogP contribution in [0.1, 0.15) is 92.4 Å². The number of rotatable bonds is 5. The fourth-order valence-corrected chi connectivity index (χ4v) is 7.91. The largest absolute Gasteiger partial charge is 0.444 e. The molecule has 6 heteroatoms. The zero-order chi connectivity index (χ0) is 21.1. The van der Waals surface area contributed by atoms with Crippen molar-refractivity contribution >= 4 is 29.6 Å². The van der Waals surface area contributed by atoms with Gasteiger partial charge in [0.2, 0.25) is 0 Å². The Kier molecular flexibility index (Phi) is 8.16. The van der Waals surface area contributed by atoms with Crippen LogP contribution in [0.2, 0.25) is 0 Å². The molecule has 0 aromatic carbocycles. The molecule has 3 fully saturated rings. The van der Waals surface area contributed by atoms with Gasteiger partial charge in [0.15, 0.2) is 0 Å². The van der Waals surface area contributed by atoms with E-state index in [1.807, 2.05) is 39.5 Å². The Labute approximate surface area is 186 Å². The van der Waals surface area contributed by atoms with E-state index in [1.165, 1.54) is 56.5 Å². The zero-order valence-corrected chi connectivity index (χ0v) is 20.7. The summed E-state index contributed by atoms with van der Waals surface area (Å²) in [6.45, 7) is 9.91. The van der Waals surface area contributed by atoms with Crippen LogP contribution in [0.15, 0.2) is 0 Å². The van der Waals surface area contributed by atoms with E-state index in [2.05, 4.69) is 23.5 Å². The third kappa shape index (κ3) is 6.70. The Morgan fingerprint density at radius 1 is 1.07 bits per heavy atom. The molecular weight excluding hydrogens is 402 g/mol. The van der Waals surface area contributed by atoms with Crippen LogP contribution in [0.4, 0.5) is 4.79 Å². The highest BCUT2D eigenvalue weighted by molar-refractivity contribution is 8.17. The van der Waals surface area contributed by atoms with Gasteiger partial charge in [0.05, 0.1) is 16.7 Å². The number of carbonyl (C=O) groups excluding carboxylic acids is 1. The monoisotopic (exact) mass is 443 g/mol. The molecule has 0 aromatic heterocycles. The summed E-state index contributed by atoms with van der Waals surface area (Å²) >= 11 is 4.20. The summed E-state index contributed by atoms with van der Waals surface area (Å²) in [4.78, 5) is 15.1. The van der Waals surface area contributed by atoms with E-state index in [0.717, 1.165) is 12.8 Å². The molecule has 1 aliphatic carbocycles. The standard InChI is InChI=1S/C23H41NO3S2/c1-22(2,3)27-21(25)24-18(16-17-10-7-6-8-11-17)19(26-23(24,4)5)12-13-20-28-14-9-15-29-20/h17-20H,6-16H2,1-5H3. The van der Waals surface area contributed by atoms with Gasteiger partial charge in [-0.1, -0.05) is 32.1 Å². The second-order valence-electron chi connectivity index (χ2n) is 10.4. The predicted molar refractivity (Wildman–Crippen MR) is 125 cm³/mol. The Hall–Kier alpha value is -0.0700. The van der Waals surface area contributed by atoms with Crippen molar-refractivity contribution in [3.05, 3.63) is 0 Å². The van der Waals surface area contributed by atoms with Crippen molar-refractivity contribution in [3.8, 4) is 0 Å². The molecule has 3 aliphatic rings. The number of thioether (sulfide) groups is 2. The van der Waals surface area contributed by atoms with Crippen molar-refractivity contribution in [2.45, 2.75) is 120 Å². The minimum Gasteiger partial charge on any atom is -0.444 e. The first kappa shape index (κ1) is 23.6. The van der Waals surface area contributed by atoms with Gasteiger partial charge in [-0.05, 0) is 77.7 Å². The summed E-state index contributed by atoms with van der Waals surface area (Å²) < 4.78 is 13.0. The first-order valence-corrected chi connectivity index (χ1v) is 13.7. The summed E-state index contributed by atoms with van der Waals surface area (Å²) in [5, 5.41) is 0.